The normalized spacial score (nSPS) is 10.9. The Labute approximate surface area is 276 Å². The monoisotopic (exact) mass is 640 g/mol. The van der Waals surface area contributed by atoms with Gasteiger partial charge in [0.2, 0.25) is 0 Å². The van der Waals surface area contributed by atoms with Gasteiger partial charge in [-0.05, 0) is 83.8 Å². The third kappa shape index (κ3) is 7.12. The first-order valence-corrected chi connectivity index (χ1v) is 15.7. The van der Waals surface area contributed by atoms with Gasteiger partial charge in [0.1, 0.15) is 5.75 Å². The van der Waals surface area contributed by atoms with Gasteiger partial charge in [-0.15, -0.1) is 0 Å². The maximum atomic E-state index is 13.2. The maximum Gasteiger partial charge on any atom is 0.255 e. The van der Waals surface area contributed by atoms with Gasteiger partial charge < -0.3 is 26.2 Å². The summed E-state index contributed by atoms with van der Waals surface area (Å²) >= 11 is 1.50. The summed E-state index contributed by atoms with van der Waals surface area (Å²) in [6, 6.07) is 34.2. The standard InChI is InChI=1S/C38H32N4O4S/c1-23-17-32(20-33-35(23)40-21-34(37(39)44)36(33)41-29-6-4-7-30(19-29)46-2)47-31-8-3-5-27(18-31)38(45)42-28-15-13-26(14-16-28)25-11-9-24(22-43)10-12-25/h3-21,43H,22H2,1-2H3,(H2,39,44)(H,40,41)(H,42,45). The number of nitrogens with zero attached hydrogens (tertiary/aromatic N) is 1. The number of aromatic nitrogens is 1. The van der Waals surface area contributed by atoms with Crippen LogP contribution in [0, 0.1) is 6.92 Å². The largest absolute Gasteiger partial charge is 0.497 e. The Morgan fingerprint density at radius 1 is 0.851 bits per heavy atom. The Morgan fingerprint density at radius 2 is 1.57 bits per heavy atom. The van der Waals surface area contributed by atoms with Crippen LogP contribution >= 0.6 is 11.8 Å². The van der Waals surface area contributed by atoms with Crippen molar-refractivity contribution < 1.29 is 19.4 Å². The molecule has 8 nitrogen and oxygen atoms in total. The number of nitrogens with two attached hydrogens (primary N) is 1. The van der Waals surface area contributed by atoms with Crippen LogP contribution in [-0.4, -0.2) is 29.0 Å². The Hall–Kier alpha value is -5.64. The van der Waals surface area contributed by atoms with Crippen molar-refractivity contribution in [1.82, 2.24) is 4.98 Å². The number of nitrogens with one attached hydrogen (secondary N) is 2. The van der Waals surface area contributed by atoms with Crippen molar-refractivity contribution in [2.75, 3.05) is 17.7 Å². The van der Waals surface area contributed by atoms with Gasteiger partial charge in [-0.2, -0.15) is 0 Å². The zero-order valence-corrected chi connectivity index (χ0v) is 26.6. The number of anilines is 3. The number of methoxy groups -OCH3 is 1. The zero-order valence-electron chi connectivity index (χ0n) is 25.8. The van der Waals surface area contributed by atoms with Crippen LogP contribution in [0.25, 0.3) is 22.0 Å². The van der Waals surface area contributed by atoms with E-state index in [1.165, 1.54) is 18.0 Å². The van der Waals surface area contributed by atoms with Crippen LogP contribution in [-0.2, 0) is 6.61 Å². The number of aliphatic hydroxyl groups excluding tert-OH is 1. The number of hydrogen-bond acceptors (Lipinski definition) is 7. The minimum atomic E-state index is -0.592. The maximum absolute atomic E-state index is 13.2. The third-order valence-electron chi connectivity index (χ3n) is 7.68. The third-order valence-corrected chi connectivity index (χ3v) is 8.65. The first kappa shape index (κ1) is 31.3. The summed E-state index contributed by atoms with van der Waals surface area (Å²) in [6.07, 6.45) is 1.50. The average Bonchev–Trinajstić information content (AvgIpc) is 3.09. The summed E-state index contributed by atoms with van der Waals surface area (Å²) in [5, 5.41) is 16.4. The van der Waals surface area contributed by atoms with Crippen molar-refractivity contribution >= 4 is 51.5 Å². The van der Waals surface area contributed by atoms with Gasteiger partial charge in [-0.25, -0.2) is 0 Å². The van der Waals surface area contributed by atoms with Gasteiger partial charge in [0.15, 0.2) is 0 Å². The van der Waals surface area contributed by atoms with Crippen molar-refractivity contribution in [1.29, 1.82) is 0 Å². The molecule has 234 valence electrons. The van der Waals surface area contributed by atoms with E-state index in [9.17, 15) is 14.7 Å². The summed E-state index contributed by atoms with van der Waals surface area (Å²) in [7, 11) is 1.60. The molecule has 0 saturated heterocycles. The lowest BCUT2D eigenvalue weighted by molar-refractivity contribution is 0.0998. The molecule has 0 bridgehead atoms. The van der Waals surface area contributed by atoms with E-state index >= 15 is 0 Å². The lowest BCUT2D eigenvalue weighted by Crippen LogP contribution is -2.14. The highest BCUT2D eigenvalue weighted by molar-refractivity contribution is 7.99. The van der Waals surface area contributed by atoms with E-state index in [2.05, 4.69) is 15.6 Å². The summed E-state index contributed by atoms with van der Waals surface area (Å²) in [4.78, 5) is 32.0. The number of fused-ring (bicyclic) bond motifs is 1. The van der Waals surface area contributed by atoms with Crippen molar-refractivity contribution in [2.45, 2.75) is 23.3 Å². The number of carbonyl (C=O) groups excluding carboxylic acids is 2. The second-order valence-corrected chi connectivity index (χ2v) is 12.1. The molecule has 0 saturated carbocycles. The lowest BCUT2D eigenvalue weighted by atomic mass is 10.0. The van der Waals surface area contributed by atoms with Crippen molar-refractivity contribution in [3.8, 4) is 16.9 Å². The number of carbonyl (C=O) groups is 2. The van der Waals surface area contributed by atoms with Crippen LogP contribution in [0.1, 0.15) is 31.8 Å². The van der Waals surface area contributed by atoms with Crippen LogP contribution in [0.15, 0.2) is 125 Å². The fraction of sp³-hybridized carbons (Fsp3) is 0.0789. The van der Waals surface area contributed by atoms with E-state index < -0.39 is 5.91 Å². The number of hydrogen-bond donors (Lipinski definition) is 4. The molecule has 1 heterocycles. The SMILES string of the molecule is COc1cccc(Nc2c(C(N)=O)cnc3c(C)cc(Sc4cccc(C(=O)Nc5ccc(-c6ccc(CO)cc6)cc5)c4)cc23)c1. The van der Waals surface area contributed by atoms with Gasteiger partial charge in [0.05, 0.1) is 30.5 Å². The van der Waals surface area contributed by atoms with E-state index in [1.54, 1.807) is 13.2 Å². The van der Waals surface area contributed by atoms with Gasteiger partial charge in [0.25, 0.3) is 11.8 Å². The van der Waals surface area contributed by atoms with Gasteiger partial charge >= 0.3 is 0 Å². The molecular weight excluding hydrogens is 609 g/mol. The molecule has 0 unspecified atom stereocenters. The molecule has 9 heteroatoms. The topological polar surface area (TPSA) is 127 Å². The molecule has 5 N–H and O–H groups in total. The first-order chi connectivity index (χ1) is 22.8. The molecular formula is C38H32N4O4S. The van der Waals surface area contributed by atoms with Crippen LogP contribution in [0.5, 0.6) is 5.75 Å². The molecule has 2 amide bonds. The number of aryl methyl sites for hydroxylation is 1. The number of rotatable bonds is 10. The number of ether oxygens (including phenoxy) is 1. The summed E-state index contributed by atoms with van der Waals surface area (Å²) in [5.41, 5.74) is 13.1. The Bertz CT molecular complexity index is 2100. The van der Waals surface area contributed by atoms with Crippen molar-refractivity contribution in [3.05, 3.63) is 138 Å². The molecule has 0 aliphatic rings. The predicted molar refractivity (Wildman–Crippen MR) is 188 cm³/mol. The molecule has 0 spiro atoms. The Morgan fingerprint density at radius 3 is 2.28 bits per heavy atom. The van der Waals surface area contributed by atoms with Crippen LogP contribution in [0.2, 0.25) is 0 Å². The molecule has 0 atom stereocenters. The lowest BCUT2D eigenvalue weighted by Gasteiger charge is -2.16. The van der Waals surface area contributed by atoms with Crippen LogP contribution in [0.3, 0.4) is 0 Å². The highest BCUT2D eigenvalue weighted by Crippen LogP contribution is 2.37. The highest BCUT2D eigenvalue weighted by Gasteiger charge is 2.17. The van der Waals surface area contributed by atoms with E-state index in [-0.39, 0.29) is 18.1 Å². The van der Waals surface area contributed by atoms with E-state index in [4.69, 9.17) is 10.5 Å². The quantitative estimate of drug-likeness (QED) is 0.120. The molecule has 47 heavy (non-hydrogen) atoms. The molecule has 0 fully saturated rings. The minimum absolute atomic E-state index is 0.00558. The number of aliphatic hydroxyl groups is 1. The number of pyridine rings is 1. The molecule has 0 aliphatic carbocycles. The second kappa shape index (κ2) is 13.8. The zero-order chi connectivity index (χ0) is 32.9. The van der Waals surface area contributed by atoms with E-state index in [0.717, 1.165) is 48.6 Å². The highest BCUT2D eigenvalue weighted by atomic mass is 32.2. The number of amides is 2. The number of primary amides is 1. The van der Waals surface area contributed by atoms with Gasteiger partial charge in [-0.1, -0.05) is 60.3 Å². The Kier molecular flexibility index (Phi) is 9.19. The second-order valence-electron chi connectivity index (χ2n) is 10.9. The van der Waals surface area contributed by atoms with E-state index in [0.29, 0.717) is 22.7 Å². The fourth-order valence-electron chi connectivity index (χ4n) is 5.26. The van der Waals surface area contributed by atoms with Crippen LogP contribution in [0.4, 0.5) is 17.1 Å². The Balaban J connectivity index is 1.24. The number of benzene rings is 5. The molecule has 0 aliphatic heterocycles. The molecule has 6 rings (SSSR count). The summed E-state index contributed by atoms with van der Waals surface area (Å²) in [5.74, 6) is -0.139. The molecule has 6 aromatic rings. The van der Waals surface area contributed by atoms with Gasteiger partial charge in [-0.3, -0.25) is 14.6 Å². The minimum Gasteiger partial charge on any atom is -0.497 e. The average molecular weight is 641 g/mol. The summed E-state index contributed by atoms with van der Waals surface area (Å²) < 4.78 is 5.37. The fourth-order valence-corrected chi connectivity index (χ4v) is 6.28. The van der Waals surface area contributed by atoms with Crippen LogP contribution < -0.4 is 21.1 Å². The van der Waals surface area contributed by atoms with Crippen molar-refractivity contribution in [2.24, 2.45) is 5.73 Å². The predicted octanol–water partition coefficient (Wildman–Crippen LogP) is 7.96. The van der Waals surface area contributed by atoms with Crippen molar-refractivity contribution in [3.63, 3.8) is 0 Å². The first-order valence-electron chi connectivity index (χ1n) is 14.8. The summed E-state index contributed by atoms with van der Waals surface area (Å²) in [6.45, 7) is 1.98. The molecule has 5 aromatic carbocycles. The van der Waals surface area contributed by atoms with Gasteiger partial charge in [0, 0.05) is 44.4 Å². The molecule has 0 radical (unpaired) electrons. The smallest absolute Gasteiger partial charge is 0.255 e. The van der Waals surface area contributed by atoms with E-state index in [1.807, 2.05) is 110 Å². The molecule has 1 aromatic heterocycles.